The van der Waals surface area contributed by atoms with Crippen molar-refractivity contribution in [1.82, 2.24) is 4.90 Å². The third-order valence-electron chi connectivity index (χ3n) is 6.73. The predicted molar refractivity (Wildman–Crippen MR) is 119 cm³/mol. The number of imide groups is 1. The molecule has 0 unspecified atom stereocenters. The van der Waals surface area contributed by atoms with Crippen LogP contribution in [-0.2, 0) is 25.7 Å². The molecule has 2 aliphatic heterocycles. The molecule has 1 saturated heterocycles. The summed E-state index contributed by atoms with van der Waals surface area (Å²) in [5.74, 6) is -1.22. The second-order valence-electron chi connectivity index (χ2n) is 8.64. The first-order valence-electron chi connectivity index (χ1n) is 11.1. The van der Waals surface area contributed by atoms with Crippen LogP contribution in [0.15, 0.2) is 54.6 Å². The zero-order chi connectivity index (χ0) is 22.2. The Morgan fingerprint density at radius 2 is 1.47 bits per heavy atom. The molecule has 5 rings (SSSR count). The molecule has 1 aliphatic carbocycles. The molecule has 32 heavy (non-hydrogen) atoms. The highest BCUT2D eigenvalue weighted by Gasteiger charge is 2.46. The molecule has 7 heteroatoms. The maximum atomic E-state index is 13.7. The summed E-state index contributed by atoms with van der Waals surface area (Å²) in [5.41, 5.74) is 2.36. The summed E-state index contributed by atoms with van der Waals surface area (Å²) in [6, 6.07) is 17.0. The molecule has 2 fully saturated rings. The minimum atomic E-state index is -0.313. The number of carbonyl (C=O) groups excluding carboxylic acids is 4. The molecule has 0 N–H and O–H groups in total. The first kappa shape index (κ1) is 20.4. The summed E-state index contributed by atoms with van der Waals surface area (Å²) in [7, 11) is 0. The van der Waals surface area contributed by atoms with Crippen LogP contribution in [0.25, 0.3) is 0 Å². The number of para-hydroxylation sites is 2. The minimum absolute atomic E-state index is 0.0208. The lowest BCUT2D eigenvalue weighted by atomic mass is 10.0. The van der Waals surface area contributed by atoms with Crippen molar-refractivity contribution in [2.45, 2.75) is 44.7 Å². The topological polar surface area (TPSA) is 78.0 Å². The average Bonchev–Trinajstić information content (AvgIpc) is 3.38. The largest absolute Gasteiger partial charge is 0.306 e. The Labute approximate surface area is 186 Å². The van der Waals surface area contributed by atoms with Crippen LogP contribution in [0.3, 0.4) is 0 Å². The fourth-order valence-electron chi connectivity index (χ4n) is 5.19. The van der Waals surface area contributed by atoms with Gasteiger partial charge >= 0.3 is 0 Å². The number of fused-ring (bicyclic) bond motifs is 2. The van der Waals surface area contributed by atoms with Crippen molar-refractivity contribution in [3.8, 4) is 0 Å². The summed E-state index contributed by atoms with van der Waals surface area (Å²) < 4.78 is 0. The van der Waals surface area contributed by atoms with E-state index in [2.05, 4.69) is 0 Å². The number of benzene rings is 2. The fraction of sp³-hybridized carbons (Fsp3) is 0.360. The van der Waals surface area contributed by atoms with E-state index >= 15 is 0 Å². The van der Waals surface area contributed by atoms with Gasteiger partial charge in [-0.3, -0.25) is 24.1 Å². The molecule has 0 bridgehead atoms. The zero-order valence-electron chi connectivity index (χ0n) is 17.8. The van der Waals surface area contributed by atoms with E-state index in [1.54, 1.807) is 9.80 Å². The fourth-order valence-corrected chi connectivity index (χ4v) is 5.19. The van der Waals surface area contributed by atoms with Gasteiger partial charge in [0.05, 0.1) is 23.8 Å². The van der Waals surface area contributed by atoms with Crippen molar-refractivity contribution in [3.05, 3.63) is 60.2 Å². The Bertz CT molecular complexity index is 1070. The average molecular weight is 431 g/mol. The van der Waals surface area contributed by atoms with Gasteiger partial charge in [-0.15, -0.1) is 0 Å². The van der Waals surface area contributed by atoms with E-state index in [-0.39, 0.29) is 55.0 Å². The van der Waals surface area contributed by atoms with Crippen LogP contribution in [0.1, 0.15) is 37.7 Å². The Morgan fingerprint density at radius 3 is 2.19 bits per heavy atom. The van der Waals surface area contributed by atoms with Crippen molar-refractivity contribution in [1.29, 1.82) is 0 Å². The van der Waals surface area contributed by atoms with Gasteiger partial charge in [0, 0.05) is 18.9 Å². The lowest BCUT2D eigenvalue weighted by Crippen LogP contribution is -2.49. The van der Waals surface area contributed by atoms with Crippen molar-refractivity contribution in [2.24, 2.45) is 5.92 Å². The molecule has 0 spiro atoms. The number of likely N-dealkylation sites (tertiary alicyclic amines) is 1. The highest BCUT2D eigenvalue weighted by molar-refractivity contribution is 6.10. The minimum Gasteiger partial charge on any atom is -0.306 e. The van der Waals surface area contributed by atoms with E-state index in [9.17, 15) is 19.2 Å². The molecule has 7 nitrogen and oxygen atoms in total. The summed E-state index contributed by atoms with van der Waals surface area (Å²) >= 11 is 0. The zero-order valence-corrected chi connectivity index (χ0v) is 17.8. The lowest BCUT2D eigenvalue weighted by Gasteiger charge is -2.31. The van der Waals surface area contributed by atoms with Gasteiger partial charge in [-0.1, -0.05) is 48.9 Å². The molecule has 2 heterocycles. The van der Waals surface area contributed by atoms with Crippen molar-refractivity contribution >= 4 is 35.0 Å². The van der Waals surface area contributed by atoms with Crippen LogP contribution < -0.4 is 9.80 Å². The van der Waals surface area contributed by atoms with Gasteiger partial charge in [0.1, 0.15) is 6.54 Å². The van der Waals surface area contributed by atoms with Crippen LogP contribution in [0, 0.1) is 5.92 Å². The third-order valence-corrected chi connectivity index (χ3v) is 6.73. The molecule has 2 atom stereocenters. The number of rotatable bonds is 4. The SMILES string of the molecule is O=C1CCC(=O)N1CC(=O)N1c2ccccc2N(Cc2ccccc2)C(=O)[C@H]2CCC[C@H]21. The van der Waals surface area contributed by atoms with Gasteiger partial charge in [-0.25, -0.2) is 0 Å². The van der Waals surface area contributed by atoms with Gasteiger partial charge in [0.2, 0.25) is 23.6 Å². The molecule has 1 saturated carbocycles. The van der Waals surface area contributed by atoms with E-state index < -0.39 is 0 Å². The third kappa shape index (κ3) is 3.47. The maximum absolute atomic E-state index is 13.7. The van der Waals surface area contributed by atoms with E-state index in [4.69, 9.17) is 0 Å². The molecule has 0 aromatic heterocycles. The first-order valence-corrected chi connectivity index (χ1v) is 11.1. The Kier molecular flexibility index (Phi) is 5.25. The Hall–Kier alpha value is -3.48. The van der Waals surface area contributed by atoms with Crippen LogP contribution in [-0.4, -0.2) is 41.1 Å². The number of nitrogens with zero attached hydrogens (tertiary/aromatic N) is 3. The molecule has 3 aliphatic rings. The second kappa shape index (κ2) is 8.22. The maximum Gasteiger partial charge on any atom is 0.247 e. The predicted octanol–water partition coefficient (Wildman–Crippen LogP) is 2.88. The van der Waals surface area contributed by atoms with E-state index in [1.165, 1.54) is 0 Å². The molecule has 164 valence electrons. The van der Waals surface area contributed by atoms with Gasteiger partial charge in [0.15, 0.2) is 0 Å². The normalized spacial score (nSPS) is 22.8. The highest BCUT2D eigenvalue weighted by Crippen LogP contribution is 2.43. The molecular formula is C25H25N3O4. The summed E-state index contributed by atoms with van der Waals surface area (Å²) in [4.78, 5) is 56.0. The Morgan fingerprint density at radius 1 is 0.812 bits per heavy atom. The van der Waals surface area contributed by atoms with Gasteiger partial charge in [-0.2, -0.15) is 0 Å². The van der Waals surface area contributed by atoms with Gasteiger partial charge in [-0.05, 0) is 30.5 Å². The summed E-state index contributed by atoms with van der Waals surface area (Å²) in [6.07, 6.45) is 2.59. The molecule has 2 aromatic carbocycles. The van der Waals surface area contributed by atoms with Crippen LogP contribution in [0.2, 0.25) is 0 Å². The van der Waals surface area contributed by atoms with Crippen LogP contribution in [0.5, 0.6) is 0 Å². The summed E-state index contributed by atoms with van der Waals surface area (Å²) in [6.45, 7) is 0.146. The smallest absolute Gasteiger partial charge is 0.247 e. The Balaban J connectivity index is 1.55. The van der Waals surface area contributed by atoms with Gasteiger partial charge < -0.3 is 9.80 Å². The molecule has 2 aromatic rings. The number of hydrogen-bond acceptors (Lipinski definition) is 4. The number of carbonyl (C=O) groups is 4. The molecule has 4 amide bonds. The lowest BCUT2D eigenvalue weighted by molar-refractivity contribution is -0.142. The van der Waals surface area contributed by atoms with E-state index in [1.807, 2.05) is 54.6 Å². The quantitative estimate of drug-likeness (QED) is 0.698. The number of anilines is 2. The number of hydrogen-bond donors (Lipinski definition) is 0. The monoisotopic (exact) mass is 431 g/mol. The van der Waals surface area contributed by atoms with Crippen molar-refractivity contribution in [2.75, 3.05) is 16.3 Å². The standard InChI is InChI=1S/C25H25N3O4/c29-22-13-14-23(30)27(22)16-24(31)28-19-12-6-9-18(19)25(32)26(15-17-7-2-1-3-8-17)20-10-4-5-11-21(20)28/h1-5,7-8,10-11,18-19H,6,9,12-16H2/t18-,19+/m0/s1. The molecule has 0 radical (unpaired) electrons. The van der Waals surface area contributed by atoms with Crippen molar-refractivity contribution in [3.63, 3.8) is 0 Å². The first-order chi connectivity index (χ1) is 15.5. The van der Waals surface area contributed by atoms with Crippen LogP contribution in [0.4, 0.5) is 11.4 Å². The van der Waals surface area contributed by atoms with Crippen molar-refractivity contribution < 1.29 is 19.2 Å². The van der Waals surface area contributed by atoms with E-state index in [0.29, 0.717) is 24.3 Å². The van der Waals surface area contributed by atoms with Crippen LogP contribution >= 0.6 is 0 Å². The second-order valence-corrected chi connectivity index (χ2v) is 8.64. The summed E-state index contributed by atoms with van der Waals surface area (Å²) in [5, 5.41) is 0. The molecular weight excluding hydrogens is 406 g/mol. The number of amides is 4. The highest BCUT2D eigenvalue weighted by atomic mass is 16.2. The van der Waals surface area contributed by atoms with Gasteiger partial charge in [0.25, 0.3) is 0 Å². The van der Waals surface area contributed by atoms with E-state index in [0.717, 1.165) is 23.3 Å².